The van der Waals surface area contributed by atoms with Gasteiger partial charge in [0.25, 0.3) is 0 Å². The summed E-state index contributed by atoms with van der Waals surface area (Å²) in [6.07, 6.45) is 1.48. The molecule has 94 valence electrons. The molecule has 2 heterocycles. The van der Waals surface area contributed by atoms with Crippen molar-refractivity contribution in [1.29, 1.82) is 0 Å². The molecular formula is C11H11N3O4. The van der Waals surface area contributed by atoms with Crippen molar-refractivity contribution in [2.45, 2.75) is 12.8 Å². The zero-order valence-electron chi connectivity index (χ0n) is 9.66. The van der Waals surface area contributed by atoms with E-state index in [0.29, 0.717) is 5.52 Å². The number of nitrogens with zero attached hydrogens (tertiary/aromatic N) is 3. The van der Waals surface area contributed by atoms with Crippen molar-refractivity contribution >= 4 is 17.2 Å². The minimum atomic E-state index is -0.459. The Morgan fingerprint density at radius 3 is 2.94 bits per heavy atom. The molecule has 0 spiro atoms. The Bertz CT molecular complexity index is 692. The lowest BCUT2D eigenvalue weighted by molar-refractivity contribution is -0.140. The van der Waals surface area contributed by atoms with Crippen molar-refractivity contribution < 1.29 is 14.6 Å². The number of pyridine rings is 1. The Kier molecular flexibility index (Phi) is 3.22. The van der Waals surface area contributed by atoms with Crippen LogP contribution in [0.2, 0.25) is 0 Å². The van der Waals surface area contributed by atoms with E-state index in [1.54, 1.807) is 6.07 Å². The van der Waals surface area contributed by atoms with E-state index in [-0.39, 0.29) is 29.4 Å². The molecule has 0 saturated carbocycles. The summed E-state index contributed by atoms with van der Waals surface area (Å²) in [6.45, 7) is 0. The second-order valence-electron chi connectivity index (χ2n) is 3.64. The van der Waals surface area contributed by atoms with Crippen LogP contribution in [-0.4, -0.2) is 33.0 Å². The number of hydrogen-bond acceptors (Lipinski definition) is 6. The van der Waals surface area contributed by atoms with Gasteiger partial charge in [-0.2, -0.15) is 0 Å². The average molecular weight is 249 g/mol. The molecule has 0 aliphatic carbocycles. The van der Waals surface area contributed by atoms with Crippen LogP contribution >= 0.6 is 0 Å². The van der Waals surface area contributed by atoms with Crippen molar-refractivity contribution in [3.8, 4) is 0 Å². The second kappa shape index (κ2) is 4.82. The van der Waals surface area contributed by atoms with Crippen LogP contribution in [-0.2, 0) is 9.53 Å². The van der Waals surface area contributed by atoms with E-state index in [4.69, 9.17) is 0 Å². The lowest BCUT2D eigenvalue weighted by Crippen LogP contribution is -2.33. The van der Waals surface area contributed by atoms with E-state index in [2.05, 4.69) is 15.0 Å². The predicted octanol–water partition coefficient (Wildman–Crippen LogP) is -0.572. The maximum Gasteiger partial charge on any atom is 0.305 e. The Balaban J connectivity index is 2.50. The molecule has 7 nitrogen and oxygen atoms in total. The SMILES string of the molecule is COC(=O)CC/C(O)=c1\c(=O)ccc2cnnn12. The Morgan fingerprint density at radius 1 is 1.44 bits per heavy atom. The predicted molar refractivity (Wildman–Crippen MR) is 61.8 cm³/mol. The zero-order valence-corrected chi connectivity index (χ0v) is 9.66. The molecule has 0 aromatic carbocycles. The molecule has 18 heavy (non-hydrogen) atoms. The number of aliphatic hydroxyl groups excluding tert-OH is 1. The highest BCUT2D eigenvalue weighted by molar-refractivity contribution is 5.70. The fourth-order valence-electron chi connectivity index (χ4n) is 1.58. The van der Waals surface area contributed by atoms with Crippen molar-refractivity contribution in [3.63, 3.8) is 0 Å². The number of carbonyl (C=O) groups is 1. The number of ether oxygens (including phenoxy) is 1. The summed E-state index contributed by atoms with van der Waals surface area (Å²) in [4.78, 5) is 22.7. The van der Waals surface area contributed by atoms with Crippen LogP contribution in [0.1, 0.15) is 12.8 Å². The first-order valence-corrected chi connectivity index (χ1v) is 5.26. The van der Waals surface area contributed by atoms with Gasteiger partial charge in [-0.3, -0.25) is 9.59 Å². The van der Waals surface area contributed by atoms with Gasteiger partial charge < -0.3 is 9.84 Å². The number of methoxy groups -OCH3 is 1. The first-order valence-electron chi connectivity index (χ1n) is 5.26. The highest BCUT2D eigenvalue weighted by Crippen LogP contribution is 2.01. The molecule has 0 amide bonds. The van der Waals surface area contributed by atoms with Gasteiger partial charge in [-0.25, -0.2) is 4.52 Å². The molecule has 1 N–H and O–H groups in total. The summed E-state index contributed by atoms with van der Waals surface area (Å²) in [6, 6.07) is 2.88. The van der Waals surface area contributed by atoms with Gasteiger partial charge in [0.05, 0.1) is 25.2 Å². The van der Waals surface area contributed by atoms with Crippen LogP contribution in [0.15, 0.2) is 23.1 Å². The normalized spacial score (nSPS) is 12.5. The largest absolute Gasteiger partial charge is 0.510 e. The van der Waals surface area contributed by atoms with Crippen LogP contribution in [0.4, 0.5) is 0 Å². The lowest BCUT2D eigenvalue weighted by atomic mass is 10.2. The minimum absolute atomic E-state index is 0.00709. The number of aliphatic hydroxyl groups is 1. The maximum absolute atomic E-state index is 11.7. The van der Waals surface area contributed by atoms with E-state index in [9.17, 15) is 14.7 Å². The van der Waals surface area contributed by atoms with E-state index in [1.165, 1.54) is 23.9 Å². The highest BCUT2D eigenvalue weighted by atomic mass is 16.5. The molecule has 0 radical (unpaired) electrons. The first-order chi connectivity index (χ1) is 8.63. The van der Waals surface area contributed by atoms with Crippen LogP contribution in [0.25, 0.3) is 11.3 Å². The first kappa shape index (κ1) is 12.0. The Hall–Kier alpha value is -2.44. The smallest absolute Gasteiger partial charge is 0.305 e. The number of rotatable bonds is 3. The third kappa shape index (κ3) is 2.15. The molecule has 0 unspecified atom stereocenters. The van der Waals surface area contributed by atoms with Crippen LogP contribution in [0.3, 0.4) is 0 Å². The van der Waals surface area contributed by atoms with Crippen LogP contribution in [0.5, 0.6) is 0 Å². The van der Waals surface area contributed by atoms with Gasteiger partial charge in [0, 0.05) is 6.42 Å². The molecule has 0 aliphatic heterocycles. The number of esters is 1. The molecule has 2 aromatic heterocycles. The van der Waals surface area contributed by atoms with Crippen molar-refractivity contribution in [2.24, 2.45) is 0 Å². The number of hydrogen-bond donors (Lipinski definition) is 1. The summed E-state index contributed by atoms with van der Waals surface area (Å²) < 4.78 is 5.71. The van der Waals surface area contributed by atoms with Gasteiger partial charge in [-0.15, -0.1) is 5.10 Å². The fraction of sp³-hybridized carbons (Fsp3) is 0.273. The molecule has 0 aliphatic rings. The van der Waals surface area contributed by atoms with Crippen molar-refractivity contribution in [3.05, 3.63) is 33.9 Å². The number of fused-ring (bicyclic) bond motifs is 1. The zero-order chi connectivity index (χ0) is 13.1. The van der Waals surface area contributed by atoms with Gasteiger partial charge in [-0.1, -0.05) is 5.21 Å². The van der Waals surface area contributed by atoms with Crippen LogP contribution < -0.4 is 10.8 Å². The standard InChI is InChI=1S/C11H11N3O4/c1-18-10(17)5-4-9(16)11-8(15)3-2-7-6-12-13-14(7)11/h2-3,6,16H,4-5H2,1H3/b11-9-. The molecule has 0 bridgehead atoms. The topological polar surface area (TPSA) is 93.8 Å². The Morgan fingerprint density at radius 2 is 2.22 bits per heavy atom. The number of aromatic nitrogens is 3. The van der Waals surface area contributed by atoms with E-state index < -0.39 is 5.97 Å². The summed E-state index contributed by atoms with van der Waals surface area (Å²) in [5.74, 6) is -0.665. The second-order valence-corrected chi connectivity index (χ2v) is 3.64. The van der Waals surface area contributed by atoms with Gasteiger partial charge >= 0.3 is 5.97 Å². The summed E-state index contributed by atoms with van der Waals surface area (Å²) in [5.41, 5.74) is 0.213. The molecule has 2 aromatic rings. The van der Waals surface area contributed by atoms with E-state index >= 15 is 0 Å². The molecule has 7 heteroatoms. The maximum atomic E-state index is 11.7. The van der Waals surface area contributed by atoms with Gasteiger partial charge in [0.1, 0.15) is 5.76 Å². The molecule has 2 rings (SSSR count). The summed E-state index contributed by atoms with van der Waals surface area (Å²) in [7, 11) is 1.26. The third-order valence-electron chi connectivity index (χ3n) is 2.49. The van der Waals surface area contributed by atoms with Crippen molar-refractivity contribution in [1.82, 2.24) is 14.8 Å². The summed E-state index contributed by atoms with van der Waals surface area (Å²) in [5, 5.41) is 17.3. The van der Waals surface area contributed by atoms with Gasteiger partial charge in [0.15, 0.2) is 5.35 Å². The average Bonchev–Trinajstić information content (AvgIpc) is 2.83. The molecule has 0 fully saturated rings. The van der Waals surface area contributed by atoms with Crippen LogP contribution in [0, 0.1) is 0 Å². The number of carbonyl (C=O) groups excluding carboxylic acids is 1. The van der Waals surface area contributed by atoms with E-state index in [0.717, 1.165) is 0 Å². The monoisotopic (exact) mass is 249 g/mol. The van der Waals surface area contributed by atoms with Crippen molar-refractivity contribution in [2.75, 3.05) is 7.11 Å². The third-order valence-corrected chi connectivity index (χ3v) is 2.49. The molecular weight excluding hydrogens is 238 g/mol. The summed E-state index contributed by atoms with van der Waals surface area (Å²) >= 11 is 0. The fourth-order valence-corrected chi connectivity index (χ4v) is 1.58. The van der Waals surface area contributed by atoms with E-state index in [1.807, 2.05) is 0 Å². The minimum Gasteiger partial charge on any atom is -0.510 e. The Labute approximate surface area is 101 Å². The highest BCUT2D eigenvalue weighted by Gasteiger charge is 2.08. The lowest BCUT2D eigenvalue weighted by Gasteiger charge is -2.00. The molecule has 0 atom stereocenters. The quantitative estimate of drug-likeness (QED) is 0.732. The molecule has 0 saturated heterocycles. The van der Waals surface area contributed by atoms with Gasteiger partial charge in [-0.05, 0) is 12.1 Å². The van der Waals surface area contributed by atoms with Gasteiger partial charge in [0.2, 0.25) is 5.43 Å².